The van der Waals surface area contributed by atoms with Gasteiger partial charge in [0.25, 0.3) is 5.91 Å². The molecule has 1 aromatic heterocycles. The number of carbonyl (C=O) groups excluding carboxylic acids is 1. The molecule has 2 aromatic rings. The number of nitrogens with one attached hydrogen (secondary N) is 1. The number of thiazole rings is 1. The Bertz CT molecular complexity index is 612. The zero-order valence-electron chi connectivity index (χ0n) is 9.01. The number of nitrogens with two attached hydrogens (primary N) is 1. The molecule has 0 aliphatic heterocycles. The van der Waals surface area contributed by atoms with Crippen LogP contribution in [0.15, 0.2) is 34.2 Å². The summed E-state index contributed by atoms with van der Waals surface area (Å²) in [6.07, 6.45) is 1.63. The zero-order valence-corrected chi connectivity index (χ0v) is 12.2. The van der Waals surface area contributed by atoms with E-state index in [1.54, 1.807) is 30.5 Å². The minimum atomic E-state index is -0.241. The summed E-state index contributed by atoms with van der Waals surface area (Å²) < 4.78 is 0.856. The van der Waals surface area contributed by atoms with E-state index in [9.17, 15) is 4.79 Å². The van der Waals surface area contributed by atoms with Crippen molar-refractivity contribution in [2.24, 2.45) is 5.73 Å². The van der Waals surface area contributed by atoms with E-state index in [2.05, 4.69) is 26.2 Å². The number of hydrogen-bond donors (Lipinski definition) is 2. The van der Waals surface area contributed by atoms with Crippen LogP contribution in [-0.2, 0) is 0 Å². The van der Waals surface area contributed by atoms with Crippen molar-refractivity contribution in [2.75, 3.05) is 5.32 Å². The lowest BCUT2D eigenvalue weighted by Gasteiger charge is -2.03. The second-order valence-electron chi connectivity index (χ2n) is 3.37. The Balaban J connectivity index is 2.18. The Morgan fingerprint density at radius 2 is 2.17 bits per heavy atom. The van der Waals surface area contributed by atoms with E-state index in [0.717, 1.165) is 3.79 Å². The van der Waals surface area contributed by atoms with Gasteiger partial charge in [-0.15, -0.1) is 0 Å². The number of thiocarbonyl (C=S) groups is 1. The van der Waals surface area contributed by atoms with Gasteiger partial charge < -0.3 is 5.73 Å². The van der Waals surface area contributed by atoms with E-state index in [0.29, 0.717) is 16.3 Å². The molecule has 0 bridgehead atoms. The zero-order chi connectivity index (χ0) is 13.1. The highest BCUT2D eigenvalue weighted by molar-refractivity contribution is 9.11. The number of halogens is 1. The molecule has 7 heteroatoms. The minimum absolute atomic E-state index is 0.241. The van der Waals surface area contributed by atoms with Crippen LogP contribution in [0.4, 0.5) is 5.13 Å². The van der Waals surface area contributed by atoms with Crippen molar-refractivity contribution in [1.82, 2.24) is 4.98 Å². The van der Waals surface area contributed by atoms with Crippen molar-refractivity contribution in [2.45, 2.75) is 0 Å². The summed E-state index contributed by atoms with van der Waals surface area (Å²) in [6.45, 7) is 0. The molecule has 0 aliphatic rings. The SMILES string of the molecule is NC(=S)c1cccc(C(=O)Nc2ncc(Br)s2)c1. The summed E-state index contributed by atoms with van der Waals surface area (Å²) in [4.78, 5) is 16.2. The van der Waals surface area contributed by atoms with Crippen molar-refractivity contribution < 1.29 is 4.79 Å². The van der Waals surface area contributed by atoms with Crippen molar-refractivity contribution in [3.05, 3.63) is 45.4 Å². The van der Waals surface area contributed by atoms with Gasteiger partial charge in [-0.1, -0.05) is 35.7 Å². The summed E-state index contributed by atoms with van der Waals surface area (Å²) in [6, 6.07) is 6.85. The molecule has 0 saturated carbocycles. The molecule has 0 radical (unpaired) electrons. The van der Waals surface area contributed by atoms with Crippen molar-refractivity contribution in [1.29, 1.82) is 0 Å². The molecule has 0 aliphatic carbocycles. The number of rotatable bonds is 3. The van der Waals surface area contributed by atoms with E-state index in [4.69, 9.17) is 18.0 Å². The predicted molar refractivity (Wildman–Crippen MR) is 80.1 cm³/mol. The molecule has 18 heavy (non-hydrogen) atoms. The summed E-state index contributed by atoms with van der Waals surface area (Å²) in [5, 5.41) is 3.23. The van der Waals surface area contributed by atoms with Crippen LogP contribution in [0.1, 0.15) is 15.9 Å². The number of hydrogen-bond acceptors (Lipinski definition) is 4. The number of nitrogens with zero attached hydrogens (tertiary/aromatic N) is 1. The van der Waals surface area contributed by atoms with Crippen LogP contribution in [0.25, 0.3) is 0 Å². The summed E-state index contributed by atoms with van der Waals surface area (Å²) in [5.74, 6) is -0.241. The molecular weight excluding hydrogens is 334 g/mol. The van der Waals surface area contributed by atoms with E-state index < -0.39 is 0 Å². The molecule has 2 rings (SSSR count). The molecule has 1 amide bonds. The van der Waals surface area contributed by atoms with E-state index in [1.165, 1.54) is 11.3 Å². The molecule has 0 spiro atoms. The molecule has 3 N–H and O–H groups in total. The topological polar surface area (TPSA) is 68.0 Å². The molecular formula is C11H8BrN3OS2. The predicted octanol–water partition coefficient (Wildman–Crippen LogP) is 2.79. The summed E-state index contributed by atoms with van der Waals surface area (Å²) in [7, 11) is 0. The van der Waals surface area contributed by atoms with Gasteiger partial charge in [-0.25, -0.2) is 4.98 Å². The maximum Gasteiger partial charge on any atom is 0.257 e. The Morgan fingerprint density at radius 3 is 2.78 bits per heavy atom. The average molecular weight is 342 g/mol. The molecule has 92 valence electrons. The lowest BCUT2D eigenvalue weighted by molar-refractivity contribution is 0.102. The van der Waals surface area contributed by atoms with E-state index in [-0.39, 0.29) is 10.9 Å². The van der Waals surface area contributed by atoms with Crippen LogP contribution in [0.2, 0.25) is 0 Å². The lowest BCUT2D eigenvalue weighted by atomic mass is 10.1. The van der Waals surface area contributed by atoms with Gasteiger partial charge >= 0.3 is 0 Å². The average Bonchev–Trinajstić information content (AvgIpc) is 2.75. The van der Waals surface area contributed by atoms with Gasteiger partial charge in [-0.05, 0) is 28.1 Å². The number of benzene rings is 1. The van der Waals surface area contributed by atoms with Crippen molar-refractivity contribution in [3.8, 4) is 0 Å². The fraction of sp³-hybridized carbons (Fsp3) is 0. The quantitative estimate of drug-likeness (QED) is 0.842. The first-order valence-corrected chi connectivity index (χ1v) is 6.90. The number of anilines is 1. The fourth-order valence-electron chi connectivity index (χ4n) is 1.30. The fourth-order valence-corrected chi connectivity index (χ4v) is 2.52. The van der Waals surface area contributed by atoms with E-state index >= 15 is 0 Å². The second-order valence-corrected chi connectivity index (χ2v) is 6.22. The molecule has 1 aromatic carbocycles. The monoisotopic (exact) mass is 341 g/mol. The van der Waals surface area contributed by atoms with Gasteiger partial charge in [0.15, 0.2) is 5.13 Å². The highest BCUT2D eigenvalue weighted by Crippen LogP contribution is 2.23. The smallest absolute Gasteiger partial charge is 0.257 e. The Morgan fingerprint density at radius 1 is 1.44 bits per heavy atom. The Kier molecular flexibility index (Phi) is 4.05. The third kappa shape index (κ3) is 3.12. The van der Waals surface area contributed by atoms with Gasteiger partial charge in [0.1, 0.15) is 4.99 Å². The van der Waals surface area contributed by atoms with Crippen LogP contribution < -0.4 is 11.1 Å². The van der Waals surface area contributed by atoms with Crippen LogP contribution in [0, 0.1) is 0 Å². The van der Waals surface area contributed by atoms with Gasteiger partial charge in [0, 0.05) is 11.1 Å². The largest absolute Gasteiger partial charge is 0.389 e. The van der Waals surface area contributed by atoms with Gasteiger partial charge in [-0.2, -0.15) is 0 Å². The highest BCUT2D eigenvalue weighted by atomic mass is 79.9. The lowest BCUT2D eigenvalue weighted by Crippen LogP contribution is -2.14. The molecule has 0 saturated heterocycles. The first kappa shape index (κ1) is 13.1. The van der Waals surface area contributed by atoms with Crippen LogP contribution in [0.3, 0.4) is 0 Å². The molecule has 0 unspecified atom stereocenters. The normalized spacial score (nSPS) is 10.1. The van der Waals surface area contributed by atoms with Crippen LogP contribution in [-0.4, -0.2) is 15.9 Å². The molecule has 1 heterocycles. The van der Waals surface area contributed by atoms with Crippen molar-refractivity contribution in [3.63, 3.8) is 0 Å². The molecule has 0 fully saturated rings. The number of aromatic nitrogens is 1. The Hall–Kier alpha value is -1.31. The Labute approximate surface area is 121 Å². The second kappa shape index (κ2) is 5.55. The van der Waals surface area contributed by atoms with Crippen LogP contribution >= 0.6 is 39.5 Å². The standard InChI is InChI=1S/C11H8BrN3OS2/c12-8-5-14-11(18-8)15-10(16)7-3-1-2-6(4-7)9(13)17/h1-5H,(H2,13,17)(H,14,15,16). The first-order chi connectivity index (χ1) is 8.56. The summed E-state index contributed by atoms with van der Waals surface area (Å²) in [5.41, 5.74) is 6.68. The summed E-state index contributed by atoms with van der Waals surface area (Å²) >= 11 is 9.50. The maximum absolute atomic E-state index is 12.0. The van der Waals surface area contributed by atoms with Crippen molar-refractivity contribution >= 4 is 55.5 Å². The van der Waals surface area contributed by atoms with E-state index in [1.807, 2.05) is 0 Å². The maximum atomic E-state index is 12.0. The molecule has 0 atom stereocenters. The van der Waals surface area contributed by atoms with Crippen LogP contribution in [0.5, 0.6) is 0 Å². The van der Waals surface area contributed by atoms with Gasteiger partial charge in [-0.3, -0.25) is 10.1 Å². The number of amides is 1. The third-order valence-corrected chi connectivity index (χ3v) is 3.73. The number of carbonyl (C=O) groups is 1. The highest BCUT2D eigenvalue weighted by Gasteiger charge is 2.09. The van der Waals surface area contributed by atoms with Gasteiger partial charge in [0.05, 0.1) is 9.98 Å². The minimum Gasteiger partial charge on any atom is -0.389 e. The molecule has 4 nitrogen and oxygen atoms in total. The first-order valence-electron chi connectivity index (χ1n) is 4.89. The van der Waals surface area contributed by atoms with Gasteiger partial charge in [0.2, 0.25) is 0 Å². The third-order valence-electron chi connectivity index (χ3n) is 2.11.